The van der Waals surface area contributed by atoms with Crippen molar-refractivity contribution < 1.29 is 6.85 Å². The van der Waals surface area contributed by atoms with Crippen LogP contribution in [0.1, 0.15) is 6.85 Å². The van der Waals surface area contributed by atoms with E-state index >= 15 is 0 Å². The van der Waals surface area contributed by atoms with E-state index < -0.39 is 18.1 Å². The van der Waals surface area contributed by atoms with Crippen molar-refractivity contribution in [3.63, 3.8) is 0 Å². The number of benzene rings is 14. The highest BCUT2D eigenvalue weighted by atomic mass is 15.1. The van der Waals surface area contributed by atoms with E-state index in [4.69, 9.17) is 46.7 Å². The zero-order valence-electron chi connectivity index (χ0n) is 66.5. The third kappa shape index (κ3) is 14.5. The van der Waals surface area contributed by atoms with Crippen LogP contribution in [0, 0.1) is 0 Å². The van der Waals surface area contributed by atoms with Crippen molar-refractivity contribution in [2.24, 2.45) is 0 Å². The third-order valence-corrected chi connectivity index (χ3v) is 20.3. The molecule has 114 heavy (non-hydrogen) atoms. The minimum absolute atomic E-state index is 0.0852. The van der Waals surface area contributed by atoms with E-state index in [1.165, 1.54) is 5.56 Å². The lowest BCUT2D eigenvalue weighted by molar-refractivity contribution is 1.07. The summed E-state index contributed by atoms with van der Waals surface area (Å²) in [6.45, 7) is 0. The summed E-state index contributed by atoms with van der Waals surface area (Å²) in [5.74, 6) is 3.16. The lowest BCUT2D eigenvalue weighted by Crippen LogP contribution is -2.00. The van der Waals surface area contributed by atoms with Gasteiger partial charge in [-0.15, -0.1) is 0 Å². The highest BCUT2D eigenvalue weighted by Crippen LogP contribution is 2.41. The summed E-state index contributed by atoms with van der Waals surface area (Å²) in [5, 5.41) is 0. The Hall–Kier alpha value is -15.5. The molecule has 20 aromatic rings. The van der Waals surface area contributed by atoms with E-state index in [0.717, 1.165) is 134 Å². The Labute approximate surface area is 667 Å². The second-order valence-electron chi connectivity index (χ2n) is 27.6. The molecule has 0 saturated heterocycles. The van der Waals surface area contributed by atoms with E-state index in [2.05, 4.69) is 185 Å². The summed E-state index contributed by atoms with van der Waals surface area (Å²) in [7, 11) is 0. The topological polar surface area (TPSA) is 112 Å². The zero-order chi connectivity index (χ0) is 80.3. The van der Waals surface area contributed by atoms with Gasteiger partial charge in [0.25, 0.3) is 0 Å². The van der Waals surface area contributed by atoms with Crippen molar-refractivity contribution in [2.45, 2.75) is 0 Å². The van der Waals surface area contributed by atoms with Gasteiger partial charge in [0, 0.05) is 68.0 Å². The summed E-state index contributed by atoms with van der Waals surface area (Å²) < 4.78 is 47.4. The van der Waals surface area contributed by atoms with Crippen LogP contribution in [0.3, 0.4) is 0 Å². The van der Waals surface area contributed by atoms with Gasteiger partial charge in [-0.1, -0.05) is 352 Å². The molecule has 6 heterocycles. The number of pyridine rings is 2. The molecule has 0 bridgehead atoms. The Bertz CT molecular complexity index is 7060. The zero-order valence-corrected chi connectivity index (χ0v) is 61.5. The van der Waals surface area contributed by atoms with Crippen LogP contribution in [0.5, 0.6) is 0 Å². The molecule has 0 radical (unpaired) electrons. The van der Waals surface area contributed by atoms with Gasteiger partial charge in [0.2, 0.25) is 0 Å². The van der Waals surface area contributed by atoms with Crippen LogP contribution in [-0.2, 0) is 0 Å². The van der Waals surface area contributed by atoms with E-state index in [0.29, 0.717) is 46.1 Å². The van der Waals surface area contributed by atoms with Gasteiger partial charge >= 0.3 is 0 Å². The first-order chi connectivity index (χ1) is 58.5. The van der Waals surface area contributed by atoms with Crippen molar-refractivity contribution in [3.05, 3.63) is 425 Å². The monoisotopic (exact) mass is 1460 g/mol. The molecular formula is C104H70N10. The van der Waals surface area contributed by atoms with Gasteiger partial charge in [0.1, 0.15) is 11.3 Å². The average molecular weight is 1460 g/mol. The van der Waals surface area contributed by atoms with E-state index in [-0.39, 0.29) is 17.6 Å². The van der Waals surface area contributed by atoms with Crippen molar-refractivity contribution in [1.82, 2.24) is 48.7 Å². The van der Waals surface area contributed by atoms with E-state index in [1.54, 1.807) is 6.07 Å². The van der Waals surface area contributed by atoms with E-state index in [1.807, 2.05) is 212 Å². The summed E-state index contributed by atoms with van der Waals surface area (Å²) in [6, 6.07) is 127. The molecule has 0 amide bonds. The molecule has 10 heteroatoms. The maximum atomic E-state index is 8.93. The second kappa shape index (κ2) is 31.2. The number of hydrogen-bond donors (Lipinski definition) is 0. The smallest absolute Gasteiger partial charge is 0.164 e. The van der Waals surface area contributed by atoms with Gasteiger partial charge in [-0.3, -0.25) is 8.80 Å². The maximum absolute atomic E-state index is 8.93. The van der Waals surface area contributed by atoms with Gasteiger partial charge < -0.3 is 0 Å². The molecular weight excluding hydrogens is 1390 g/mol. The van der Waals surface area contributed by atoms with Crippen LogP contribution in [0.15, 0.2) is 425 Å². The van der Waals surface area contributed by atoms with Crippen molar-refractivity contribution in [2.75, 3.05) is 0 Å². The second-order valence-corrected chi connectivity index (χ2v) is 27.6. The van der Waals surface area contributed by atoms with Gasteiger partial charge in [0.15, 0.2) is 34.9 Å². The maximum Gasteiger partial charge on any atom is 0.164 e. The molecule has 536 valence electrons. The van der Waals surface area contributed by atoms with Crippen LogP contribution in [0.2, 0.25) is 0 Å². The van der Waals surface area contributed by atoms with E-state index in [9.17, 15) is 0 Å². The molecule has 0 unspecified atom stereocenters. The number of rotatable bonds is 16. The van der Waals surface area contributed by atoms with Crippen molar-refractivity contribution >= 4 is 11.3 Å². The normalized spacial score (nSPS) is 11.8. The Morgan fingerprint density at radius 3 is 0.711 bits per heavy atom. The summed E-state index contributed by atoms with van der Waals surface area (Å²) >= 11 is 0. The summed E-state index contributed by atoms with van der Waals surface area (Å²) in [6.07, 6.45) is 4.10. The highest BCUT2D eigenvalue weighted by molar-refractivity contribution is 5.88. The Morgan fingerprint density at radius 1 is 0.167 bits per heavy atom. The Kier molecular flexibility index (Phi) is 17.4. The molecule has 0 spiro atoms. The number of imidazole rings is 2. The van der Waals surface area contributed by atoms with Crippen LogP contribution in [0.25, 0.3) is 191 Å². The van der Waals surface area contributed by atoms with Crippen LogP contribution in [-0.4, -0.2) is 48.7 Å². The average Bonchev–Trinajstić information content (AvgIpc) is 1.64. The number of hydrogen-bond acceptors (Lipinski definition) is 8. The largest absolute Gasteiger partial charge is 0.299 e. The van der Waals surface area contributed by atoms with Crippen LogP contribution < -0.4 is 0 Å². The Balaban J connectivity index is 0.000000158. The predicted molar refractivity (Wildman–Crippen MR) is 464 cm³/mol. The molecule has 0 saturated carbocycles. The first kappa shape index (κ1) is 63.4. The lowest BCUT2D eigenvalue weighted by atomic mass is 9.94. The standard InChI is InChI=1S/2C52H35N5/c2*1-5-15-36(16-6-1)38-26-30-43(31-27-38)51-54-50(42-21-11-4-12-22-42)55-52(56-51)46-34-44(37-17-7-2-8-18-37)33-45(35-46)39-24-28-40(29-25-39)48-49(41-19-9-3-10-20-41)57-32-14-13-23-47(57)53-48/h2*1-35H/i2D,7D,8D,17D,18D;. The molecule has 20 rings (SSSR count). The molecule has 0 N–H and O–H groups in total. The molecule has 10 nitrogen and oxygen atoms in total. The highest BCUT2D eigenvalue weighted by Gasteiger charge is 2.22. The van der Waals surface area contributed by atoms with Gasteiger partial charge in [-0.05, 0) is 127 Å². The molecule has 6 aromatic heterocycles. The van der Waals surface area contributed by atoms with Crippen LogP contribution in [0.4, 0.5) is 0 Å². The fourth-order valence-corrected chi connectivity index (χ4v) is 14.5. The molecule has 0 atom stereocenters. The molecule has 14 aromatic carbocycles. The minimum Gasteiger partial charge on any atom is -0.299 e. The predicted octanol–water partition coefficient (Wildman–Crippen LogP) is 25.7. The fourth-order valence-electron chi connectivity index (χ4n) is 14.5. The molecule has 0 aliphatic carbocycles. The lowest BCUT2D eigenvalue weighted by Gasteiger charge is -2.13. The summed E-state index contributed by atoms with van der Waals surface area (Å²) in [4.78, 5) is 40.4. The molecule has 0 fully saturated rings. The first-order valence-electron chi connectivity index (χ1n) is 40.2. The molecule has 0 aliphatic rings. The first-order valence-corrected chi connectivity index (χ1v) is 37.7. The number of aromatic nitrogens is 10. The van der Waals surface area contributed by atoms with Gasteiger partial charge in [-0.2, -0.15) is 0 Å². The third-order valence-electron chi connectivity index (χ3n) is 20.3. The quantitative estimate of drug-likeness (QED) is 0.0940. The Morgan fingerprint density at radius 2 is 0.386 bits per heavy atom. The number of nitrogens with zero attached hydrogens (tertiary/aromatic N) is 10. The minimum atomic E-state index is -0.453. The van der Waals surface area contributed by atoms with Crippen molar-refractivity contribution in [3.8, 4) is 180 Å². The fraction of sp³-hybridized carbons (Fsp3) is 0. The number of fused-ring (bicyclic) bond motifs is 2. The van der Waals surface area contributed by atoms with Gasteiger partial charge in [-0.25, -0.2) is 39.9 Å². The SMILES string of the molecule is [2H]c1c([2H])c([2H])c(-c2cc(-c3ccc(-c4nc5ccccn5c4-c4ccccc4)cc3)cc(-c3nc(-c4ccccc4)nc(-c4ccc(-c5ccccc5)cc4)n3)c2)c([2H])c1[2H].c1ccc(-c2ccc(-c3nc(-c4ccccc4)nc(-c4cc(-c5ccccc5)cc(-c5ccc(-c6nc7ccccn7c6-c6ccccc6)cc5)c4)n3)cc2)cc1. The summed E-state index contributed by atoms with van der Waals surface area (Å²) in [5.41, 5.74) is 25.6. The van der Waals surface area contributed by atoms with Gasteiger partial charge in [0.05, 0.1) is 29.6 Å². The molecule has 0 aliphatic heterocycles. The van der Waals surface area contributed by atoms with Crippen molar-refractivity contribution in [1.29, 1.82) is 0 Å². The van der Waals surface area contributed by atoms with Crippen LogP contribution >= 0.6 is 0 Å².